The van der Waals surface area contributed by atoms with E-state index in [1.54, 1.807) is 12.1 Å². The number of alkyl halides is 2. The number of benzene rings is 1. The van der Waals surface area contributed by atoms with Gasteiger partial charge < -0.3 is 10.1 Å². The second kappa shape index (κ2) is 3.63. The van der Waals surface area contributed by atoms with Crippen LogP contribution in [0.15, 0.2) is 30.3 Å². The van der Waals surface area contributed by atoms with E-state index >= 15 is 0 Å². The summed E-state index contributed by atoms with van der Waals surface area (Å²) in [5, 5.41) is 2.65. The normalized spacial score (nSPS) is 26.0. The summed E-state index contributed by atoms with van der Waals surface area (Å²) in [6.07, 6.45) is -3.61. The van der Waals surface area contributed by atoms with Crippen LogP contribution in [-0.2, 0) is 4.74 Å². The summed E-state index contributed by atoms with van der Waals surface area (Å²) >= 11 is 0. The molecular weight excluding hydrogens is 188 g/mol. The van der Waals surface area contributed by atoms with Gasteiger partial charge in [-0.25, -0.2) is 0 Å². The smallest absolute Gasteiger partial charge is 0.310 e. The fraction of sp³-hybridized carbons (Fsp3) is 0.400. The lowest BCUT2D eigenvalue weighted by atomic mass is 10.1. The Balaban J connectivity index is 2.12. The van der Waals surface area contributed by atoms with Gasteiger partial charge in [0.15, 0.2) is 0 Å². The van der Waals surface area contributed by atoms with E-state index in [1.165, 1.54) is 0 Å². The number of hydrogen-bond acceptors (Lipinski definition) is 2. The van der Waals surface area contributed by atoms with E-state index in [2.05, 4.69) is 10.1 Å². The molecule has 2 rings (SSSR count). The molecule has 14 heavy (non-hydrogen) atoms. The van der Waals surface area contributed by atoms with E-state index in [0.29, 0.717) is 6.54 Å². The molecule has 0 bridgehead atoms. The number of rotatable bonds is 1. The van der Waals surface area contributed by atoms with Crippen molar-refractivity contribution in [3.05, 3.63) is 35.9 Å². The number of ether oxygens (including phenoxy) is 1. The Morgan fingerprint density at radius 3 is 2.64 bits per heavy atom. The molecule has 0 saturated carbocycles. The maximum absolute atomic E-state index is 12.9. The van der Waals surface area contributed by atoms with Gasteiger partial charge in [0.2, 0.25) is 0 Å². The summed E-state index contributed by atoms with van der Waals surface area (Å²) in [6, 6.07) is 9.04. The average molecular weight is 199 g/mol. The third-order valence-corrected chi connectivity index (χ3v) is 2.15. The van der Waals surface area contributed by atoms with Gasteiger partial charge >= 0.3 is 6.11 Å². The maximum Gasteiger partial charge on any atom is 0.368 e. The Bertz CT molecular complexity index is 302. The molecular formula is C10H11F2NO. The lowest BCUT2D eigenvalue weighted by Crippen LogP contribution is -2.45. The van der Waals surface area contributed by atoms with Gasteiger partial charge in [0.1, 0.15) is 6.10 Å². The van der Waals surface area contributed by atoms with Gasteiger partial charge in [-0.3, -0.25) is 0 Å². The van der Waals surface area contributed by atoms with Gasteiger partial charge in [0.25, 0.3) is 0 Å². The Hall–Kier alpha value is -1.00. The SMILES string of the molecule is FC1(F)CNC[C@@H](c2ccccc2)O1. The molecule has 0 aliphatic carbocycles. The van der Waals surface area contributed by atoms with E-state index in [9.17, 15) is 8.78 Å². The van der Waals surface area contributed by atoms with Crippen LogP contribution in [0.2, 0.25) is 0 Å². The molecule has 1 aliphatic heterocycles. The molecule has 1 aromatic carbocycles. The Labute approximate surface area is 80.9 Å². The molecule has 1 aliphatic rings. The summed E-state index contributed by atoms with van der Waals surface area (Å²) in [5.41, 5.74) is 0.777. The fourth-order valence-corrected chi connectivity index (χ4v) is 1.49. The Kier molecular flexibility index (Phi) is 2.48. The summed E-state index contributed by atoms with van der Waals surface area (Å²) in [5.74, 6) is 0. The lowest BCUT2D eigenvalue weighted by molar-refractivity contribution is -0.275. The van der Waals surface area contributed by atoms with Crippen LogP contribution in [0.3, 0.4) is 0 Å². The lowest BCUT2D eigenvalue weighted by Gasteiger charge is -2.30. The second-order valence-corrected chi connectivity index (χ2v) is 3.29. The monoisotopic (exact) mass is 199 g/mol. The third-order valence-electron chi connectivity index (χ3n) is 2.15. The average Bonchev–Trinajstić information content (AvgIpc) is 2.18. The van der Waals surface area contributed by atoms with Crippen LogP contribution in [-0.4, -0.2) is 19.2 Å². The van der Waals surface area contributed by atoms with Crippen molar-refractivity contribution in [1.29, 1.82) is 0 Å². The molecule has 2 nitrogen and oxygen atoms in total. The van der Waals surface area contributed by atoms with E-state index in [4.69, 9.17) is 0 Å². The van der Waals surface area contributed by atoms with E-state index in [-0.39, 0.29) is 0 Å². The molecule has 0 unspecified atom stereocenters. The van der Waals surface area contributed by atoms with Crippen LogP contribution >= 0.6 is 0 Å². The molecule has 1 atom stereocenters. The number of morpholine rings is 1. The highest BCUT2D eigenvalue weighted by atomic mass is 19.3. The quantitative estimate of drug-likeness (QED) is 0.746. The zero-order valence-electron chi connectivity index (χ0n) is 7.54. The van der Waals surface area contributed by atoms with Gasteiger partial charge in [-0.1, -0.05) is 30.3 Å². The maximum atomic E-state index is 12.9. The number of nitrogens with one attached hydrogen (secondary N) is 1. The molecule has 0 aromatic heterocycles. The Morgan fingerprint density at radius 2 is 2.00 bits per heavy atom. The molecule has 1 fully saturated rings. The van der Waals surface area contributed by atoms with Crippen LogP contribution in [0.25, 0.3) is 0 Å². The van der Waals surface area contributed by atoms with Gasteiger partial charge in [0, 0.05) is 6.54 Å². The summed E-state index contributed by atoms with van der Waals surface area (Å²) in [4.78, 5) is 0. The molecule has 1 saturated heterocycles. The molecule has 0 spiro atoms. The first-order chi connectivity index (χ1) is 6.67. The van der Waals surface area contributed by atoms with Crippen molar-refractivity contribution in [2.45, 2.75) is 12.2 Å². The highest BCUT2D eigenvalue weighted by Gasteiger charge is 2.37. The summed E-state index contributed by atoms with van der Waals surface area (Å²) in [7, 11) is 0. The zero-order chi connectivity index (χ0) is 10.0. The van der Waals surface area contributed by atoms with Gasteiger partial charge in [-0.2, -0.15) is 8.78 Å². The first-order valence-electron chi connectivity index (χ1n) is 4.49. The summed E-state index contributed by atoms with van der Waals surface area (Å²) in [6.45, 7) is 0.0237. The highest BCUT2D eigenvalue weighted by molar-refractivity contribution is 5.18. The first-order valence-corrected chi connectivity index (χ1v) is 4.49. The molecule has 1 aromatic rings. The van der Waals surface area contributed by atoms with Crippen LogP contribution in [0, 0.1) is 0 Å². The largest absolute Gasteiger partial charge is 0.368 e. The Morgan fingerprint density at radius 1 is 1.29 bits per heavy atom. The van der Waals surface area contributed by atoms with E-state index in [0.717, 1.165) is 5.56 Å². The zero-order valence-corrected chi connectivity index (χ0v) is 7.54. The van der Waals surface area contributed by atoms with Gasteiger partial charge in [0.05, 0.1) is 6.54 Å². The predicted octanol–water partition coefficient (Wildman–Crippen LogP) is 1.94. The fourth-order valence-electron chi connectivity index (χ4n) is 1.49. The van der Waals surface area contributed by atoms with Crippen molar-refractivity contribution in [2.24, 2.45) is 0 Å². The number of halogens is 2. The highest BCUT2D eigenvalue weighted by Crippen LogP contribution is 2.28. The van der Waals surface area contributed by atoms with Crippen molar-refractivity contribution in [3.63, 3.8) is 0 Å². The molecule has 4 heteroatoms. The van der Waals surface area contributed by atoms with Gasteiger partial charge in [-0.15, -0.1) is 0 Å². The van der Waals surface area contributed by atoms with Crippen molar-refractivity contribution in [3.8, 4) is 0 Å². The first kappa shape index (κ1) is 9.55. The molecule has 0 amide bonds. The van der Waals surface area contributed by atoms with E-state index in [1.807, 2.05) is 18.2 Å². The van der Waals surface area contributed by atoms with Crippen LogP contribution in [0.5, 0.6) is 0 Å². The summed E-state index contributed by atoms with van der Waals surface area (Å²) < 4.78 is 30.4. The van der Waals surface area contributed by atoms with Crippen molar-refractivity contribution in [2.75, 3.05) is 13.1 Å². The van der Waals surface area contributed by atoms with Crippen LogP contribution in [0.4, 0.5) is 8.78 Å². The van der Waals surface area contributed by atoms with Crippen LogP contribution in [0.1, 0.15) is 11.7 Å². The van der Waals surface area contributed by atoms with Gasteiger partial charge in [-0.05, 0) is 5.56 Å². The third kappa shape index (κ3) is 2.08. The molecule has 0 radical (unpaired) electrons. The van der Waals surface area contributed by atoms with Crippen molar-refractivity contribution >= 4 is 0 Å². The minimum absolute atomic E-state index is 0.406. The molecule has 1 N–H and O–H groups in total. The van der Waals surface area contributed by atoms with Crippen molar-refractivity contribution in [1.82, 2.24) is 5.32 Å². The topological polar surface area (TPSA) is 21.3 Å². The predicted molar refractivity (Wildman–Crippen MR) is 48.1 cm³/mol. The van der Waals surface area contributed by atoms with Crippen LogP contribution < -0.4 is 5.32 Å². The molecule has 1 heterocycles. The minimum Gasteiger partial charge on any atom is -0.310 e. The minimum atomic E-state index is -3.06. The van der Waals surface area contributed by atoms with Crippen molar-refractivity contribution < 1.29 is 13.5 Å². The van der Waals surface area contributed by atoms with E-state index < -0.39 is 18.8 Å². The molecule has 76 valence electrons. The number of hydrogen-bond donors (Lipinski definition) is 1. The standard InChI is InChI=1S/C10H11F2NO/c11-10(12)7-13-6-9(14-10)8-4-2-1-3-5-8/h1-5,9,13H,6-7H2/t9-/m0/s1. The second-order valence-electron chi connectivity index (χ2n) is 3.29.